The van der Waals surface area contributed by atoms with E-state index >= 15 is 0 Å². The van der Waals surface area contributed by atoms with E-state index in [0.717, 1.165) is 31.6 Å². The fourth-order valence-electron chi connectivity index (χ4n) is 2.32. The molecular formula is C16H24N2O2. The van der Waals surface area contributed by atoms with Crippen LogP contribution in [-0.4, -0.2) is 32.3 Å². The third kappa shape index (κ3) is 3.73. The molecule has 1 aromatic carbocycles. The number of piperidine rings is 1. The average molecular weight is 276 g/mol. The first-order chi connectivity index (χ1) is 9.58. The molecule has 0 aromatic heterocycles. The zero-order valence-electron chi connectivity index (χ0n) is 12.6. The molecule has 0 spiro atoms. The molecule has 0 atom stereocenters. The fraction of sp³-hybridized carbons (Fsp3) is 0.562. The zero-order chi connectivity index (χ0) is 14.5. The molecule has 1 heterocycles. The van der Waals surface area contributed by atoms with Crippen molar-refractivity contribution >= 4 is 11.8 Å². The van der Waals surface area contributed by atoms with Crippen LogP contribution in [0, 0.1) is 0 Å². The van der Waals surface area contributed by atoms with E-state index in [9.17, 15) is 4.79 Å². The van der Waals surface area contributed by atoms with Crippen molar-refractivity contribution in [1.29, 1.82) is 0 Å². The molecule has 1 amide bonds. The van der Waals surface area contributed by atoms with E-state index in [0.29, 0.717) is 5.92 Å². The van der Waals surface area contributed by atoms with Crippen molar-refractivity contribution in [3.63, 3.8) is 0 Å². The van der Waals surface area contributed by atoms with Crippen LogP contribution in [0.15, 0.2) is 24.3 Å². The lowest BCUT2D eigenvalue weighted by Crippen LogP contribution is -2.37. The lowest BCUT2D eigenvalue weighted by molar-refractivity contribution is 0.0860. The van der Waals surface area contributed by atoms with Crippen molar-refractivity contribution in [3.8, 4) is 0 Å². The molecule has 1 aliphatic heterocycles. The summed E-state index contributed by atoms with van der Waals surface area (Å²) in [6.45, 7) is 6.16. The minimum Gasteiger partial charge on any atom is -0.446 e. The van der Waals surface area contributed by atoms with Crippen LogP contribution in [0.1, 0.15) is 38.2 Å². The summed E-state index contributed by atoms with van der Waals surface area (Å²) in [5.41, 5.74) is 2.14. The van der Waals surface area contributed by atoms with E-state index in [4.69, 9.17) is 4.74 Å². The normalized spacial score (nSPS) is 16.2. The van der Waals surface area contributed by atoms with Gasteiger partial charge in [0.15, 0.2) is 0 Å². The Bertz CT molecular complexity index is 436. The fourth-order valence-corrected chi connectivity index (χ4v) is 2.32. The number of ether oxygens (including phenoxy) is 1. The van der Waals surface area contributed by atoms with Gasteiger partial charge in [-0.1, -0.05) is 26.0 Å². The smallest absolute Gasteiger partial charge is 0.414 e. The van der Waals surface area contributed by atoms with Gasteiger partial charge in [0.1, 0.15) is 6.10 Å². The minimum atomic E-state index is -0.269. The van der Waals surface area contributed by atoms with Gasteiger partial charge in [-0.3, -0.25) is 4.90 Å². The molecule has 4 heteroatoms. The van der Waals surface area contributed by atoms with Gasteiger partial charge in [0.05, 0.1) is 0 Å². The van der Waals surface area contributed by atoms with Crippen LogP contribution in [0.5, 0.6) is 0 Å². The van der Waals surface area contributed by atoms with Crippen LogP contribution in [0.25, 0.3) is 0 Å². The van der Waals surface area contributed by atoms with Crippen LogP contribution in [0.4, 0.5) is 10.5 Å². The molecule has 4 nitrogen and oxygen atoms in total. The quantitative estimate of drug-likeness (QED) is 0.922. The van der Waals surface area contributed by atoms with Gasteiger partial charge in [-0.25, -0.2) is 4.79 Å². The van der Waals surface area contributed by atoms with Crippen molar-refractivity contribution in [2.45, 2.75) is 38.7 Å². The molecule has 1 N–H and O–H groups in total. The molecule has 0 aliphatic carbocycles. The number of nitrogens with one attached hydrogen (secondary N) is 1. The maximum atomic E-state index is 12.1. The van der Waals surface area contributed by atoms with Crippen LogP contribution >= 0.6 is 0 Å². The Hall–Kier alpha value is -1.55. The molecule has 0 radical (unpaired) electrons. The first-order valence-electron chi connectivity index (χ1n) is 7.33. The SMILES string of the molecule is CC(C)c1ccc(N(C)C(=O)OC2CCNCC2)cc1. The van der Waals surface area contributed by atoms with Gasteiger partial charge in [-0.2, -0.15) is 0 Å². The van der Waals surface area contributed by atoms with E-state index in [-0.39, 0.29) is 12.2 Å². The zero-order valence-corrected chi connectivity index (χ0v) is 12.6. The molecular weight excluding hydrogens is 252 g/mol. The Labute approximate surface area is 121 Å². The van der Waals surface area contributed by atoms with Gasteiger partial charge in [-0.05, 0) is 49.5 Å². The van der Waals surface area contributed by atoms with E-state index in [1.807, 2.05) is 12.1 Å². The third-order valence-electron chi connectivity index (χ3n) is 3.77. The van der Waals surface area contributed by atoms with Gasteiger partial charge in [-0.15, -0.1) is 0 Å². The second kappa shape index (κ2) is 6.75. The van der Waals surface area contributed by atoms with Crippen molar-refractivity contribution in [2.24, 2.45) is 0 Å². The second-order valence-corrected chi connectivity index (χ2v) is 5.64. The molecule has 1 aliphatic rings. The Balaban J connectivity index is 1.95. The predicted octanol–water partition coefficient (Wildman–Crippen LogP) is 3.13. The monoisotopic (exact) mass is 276 g/mol. The van der Waals surface area contributed by atoms with Crippen molar-refractivity contribution in [1.82, 2.24) is 5.32 Å². The molecule has 1 fully saturated rings. The highest BCUT2D eigenvalue weighted by atomic mass is 16.6. The number of rotatable bonds is 3. The van der Waals surface area contributed by atoms with Crippen LogP contribution in [0.2, 0.25) is 0 Å². The molecule has 1 saturated heterocycles. The van der Waals surface area contributed by atoms with Gasteiger partial charge in [0.25, 0.3) is 0 Å². The number of carbonyl (C=O) groups excluding carboxylic acids is 1. The van der Waals surface area contributed by atoms with E-state index in [1.54, 1.807) is 11.9 Å². The first kappa shape index (κ1) is 14.9. The van der Waals surface area contributed by atoms with Crippen LogP contribution < -0.4 is 10.2 Å². The summed E-state index contributed by atoms with van der Waals surface area (Å²) in [5.74, 6) is 0.496. The summed E-state index contributed by atoms with van der Waals surface area (Å²) in [7, 11) is 1.76. The van der Waals surface area contributed by atoms with Crippen LogP contribution in [0.3, 0.4) is 0 Å². The number of hydrogen-bond acceptors (Lipinski definition) is 3. The second-order valence-electron chi connectivity index (χ2n) is 5.64. The van der Waals surface area contributed by atoms with Crippen molar-refractivity contribution in [3.05, 3.63) is 29.8 Å². The minimum absolute atomic E-state index is 0.0427. The van der Waals surface area contributed by atoms with Crippen molar-refractivity contribution < 1.29 is 9.53 Å². The van der Waals surface area contributed by atoms with E-state index < -0.39 is 0 Å². The largest absolute Gasteiger partial charge is 0.446 e. The number of carbonyl (C=O) groups is 1. The molecule has 0 unspecified atom stereocenters. The Morgan fingerprint density at radius 3 is 2.40 bits per heavy atom. The number of amides is 1. The maximum absolute atomic E-state index is 12.1. The first-order valence-corrected chi connectivity index (χ1v) is 7.33. The Morgan fingerprint density at radius 1 is 1.25 bits per heavy atom. The predicted molar refractivity (Wildman–Crippen MR) is 81.3 cm³/mol. The number of benzene rings is 1. The standard InChI is InChI=1S/C16H24N2O2/c1-12(2)13-4-6-14(7-5-13)18(3)16(19)20-15-8-10-17-11-9-15/h4-7,12,15,17H,8-11H2,1-3H3. The molecule has 0 bridgehead atoms. The van der Waals surface area contributed by atoms with Gasteiger partial charge >= 0.3 is 6.09 Å². The molecule has 110 valence electrons. The molecule has 20 heavy (non-hydrogen) atoms. The number of anilines is 1. The molecule has 0 saturated carbocycles. The third-order valence-corrected chi connectivity index (χ3v) is 3.77. The van der Waals surface area contributed by atoms with Gasteiger partial charge in [0, 0.05) is 12.7 Å². The molecule has 1 aromatic rings. The molecule has 2 rings (SSSR count). The summed E-state index contributed by atoms with van der Waals surface area (Å²) in [5, 5.41) is 3.26. The van der Waals surface area contributed by atoms with Crippen molar-refractivity contribution in [2.75, 3.05) is 25.0 Å². The highest BCUT2D eigenvalue weighted by Crippen LogP contribution is 2.20. The topological polar surface area (TPSA) is 41.6 Å². The maximum Gasteiger partial charge on any atom is 0.414 e. The average Bonchev–Trinajstić information content (AvgIpc) is 2.47. The highest BCUT2D eigenvalue weighted by Gasteiger charge is 2.20. The lowest BCUT2D eigenvalue weighted by atomic mass is 10.0. The number of hydrogen-bond donors (Lipinski definition) is 1. The summed E-state index contributed by atoms with van der Waals surface area (Å²) in [6, 6.07) is 8.07. The summed E-state index contributed by atoms with van der Waals surface area (Å²) < 4.78 is 5.53. The van der Waals surface area contributed by atoms with E-state index in [2.05, 4.69) is 31.3 Å². The lowest BCUT2D eigenvalue weighted by Gasteiger charge is -2.25. The summed E-state index contributed by atoms with van der Waals surface area (Å²) in [6.07, 6.45) is 1.56. The van der Waals surface area contributed by atoms with Gasteiger partial charge in [0.2, 0.25) is 0 Å². The summed E-state index contributed by atoms with van der Waals surface area (Å²) in [4.78, 5) is 13.7. The number of nitrogens with zero attached hydrogens (tertiary/aromatic N) is 1. The Morgan fingerprint density at radius 2 is 1.85 bits per heavy atom. The van der Waals surface area contributed by atoms with E-state index in [1.165, 1.54) is 5.56 Å². The highest BCUT2D eigenvalue weighted by molar-refractivity contribution is 5.87. The van der Waals surface area contributed by atoms with Gasteiger partial charge < -0.3 is 10.1 Å². The van der Waals surface area contributed by atoms with Crippen LogP contribution in [-0.2, 0) is 4.74 Å². The Kier molecular flexibility index (Phi) is 5.01. The summed E-state index contributed by atoms with van der Waals surface area (Å²) >= 11 is 0.